The first-order chi connectivity index (χ1) is 10.3. The fourth-order valence-electron chi connectivity index (χ4n) is 2.30. The van der Waals surface area contributed by atoms with E-state index in [1.165, 1.54) is 0 Å². The Balaban J connectivity index is 2.61. The molecule has 22 heavy (non-hydrogen) atoms. The third-order valence-electron chi connectivity index (χ3n) is 3.61. The van der Waals surface area contributed by atoms with Gasteiger partial charge < -0.3 is 20.3 Å². The summed E-state index contributed by atoms with van der Waals surface area (Å²) < 4.78 is 10.6. The molecule has 0 aliphatic rings. The summed E-state index contributed by atoms with van der Waals surface area (Å²) in [5.41, 5.74) is 5.93. The lowest BCUT2D eigenvalue weighted by atomic mass is 9.86. The average Bonchev–Trinajstić information content (AvgIpc) is 2.43. The molecule has 5 nitrogen and oxygen atoms in total. The van der Waals surface area contributed by atoms with Crippen LogP contribution in [0.25, 0.3) is 0 Å². The Hall–Kier alpha value is -1.17. The van der Waals surface area contributed by atoms with Gasteiger partial charge in [0, 0.05) is 50.6 Å². The van der Waals surface area contributed by atoms with Crippen molar-refractivity contribution < 1.29 is 14.6 Å². The molecule has 1 aromatic heterocycles. The Morgan fingerprint density at radius 3 is 2.73 bits per heavy atom. The third-order valence-corrected chi connectivity index (χ3v) is 3.61. The van der Waals surface area contributed by atoms with Gasteiger partial charge >= 0.3 is 0 Å². The smallest absolute Gasteiger partial charge is 0.122 e. The number of hydrogen-bond donors (Lipinski definition) is 2. The molecule has 2 atom stereocenters. The molecule has 1 unspecified atom stereocenters. The zero-order valence-corrected chi connectivity index (χ0v) is 14.2. The lowest BCUT2D eigenvalue weighted by Gasteiger charge is -2.31. The summed E-state index contributed by atoms with van der Waals surface area (Å²) >= 11 is 0. The maximum Gasteiger partial charge on any atom is 0.122 e. The van der Waals surface area contributed by atoms with E-state index in [2.05, 4.69) is 18.8 Å². The first kappa shape index (κ1) is 18.9. The number of pyridine rings is 1. The van der Waals surface area contributed by atoms with Crippen LogP contribution in [-0.2, 0) is 11.2 Å². The number of nitrogens with zero attached hydrogens (tertiary/aromatic N) is 1. The monoisotopic (exact) mass is 310 g/mol. The minimum atomic E-state index is -0.980. The largest absolute Gasteiger partial charge is 0.493 e. The Kier molecular flexibility index (Phi) is 7.79. The van der Waals surface area contributed by atoms with Crippen LogP contribution < -0.4 is 10.5 Å². The standard InChI is InChI=1S/C17H30N2O3/c1-13(2)10-16(18)17(3,20)12-14-11-15(6-7-19-14)22-9-5-8-21-4/h6-7,11,13,16,20H,5,8-10,12,18H2,1-4H3/t16-,17?/m0/s1. The van der Waals surface area contributed by atoms with Crippen molar-refractivity contribution >= 4 is 0 Å². The van der Waals surface area contributed by atoms with E-state index < -0.39 is 5.60 Å². The van der Waals surface area contributed by atoms with Gasteiger partial charge in [-0.1, -0.05) is 13.8 Å². The summed E-state index contributed by atoms with van der Waals surface area (Å²) in [5.74, 6) is 1.21. The number of aromatic nitrogens is 1. The molecule has 3 N–H and O–H groups in total. The normalized spacial score (nSPS) is 15.6. The molecule has 0 saturated heterocycles. The van der Waals surface area contributed by atoms with Gasteiger partial charge in [0.15, 0.2) is 0 Å². The Labute approximate surface area is 133 Å². The molecular weight excluding hydrogens is 280 g/mol. The minimum absolute atomic E-state index is 0.277. The first-order valence-electron chi connectivity index (χ1n) is 7.89. The molecule has 0 radical (unpaired) electrons. The minimum Gasteiger partial charge on any atom is -0.493 e. The second-order valence-corrected chi connectivity index (χ2v) is 6.45. The molecule has 1 aromatic rings. The highest BCUT2D eigenvalue weighted by atomic mass is 16.5. The van der Waals surface area contributed by atoms with Gasteiger partial charge in [-0.25, -0.2) is 0 Å². The van der Waals surface area contributed by atoms with Gasteiger partial charge in [0.2, 0.25) is 0 Å². The van der Waals surface area contributed by atoms with Gasteiger partial charge in [0.05, 0.1) is 12.2 Å². The van der Waals surface area contributed by atoms with Crippen molar-refractivity contribution in [2.75, 3.05) is 20.3 Å². The summed E-state index contributed by atoms with van der Waals surface area (Å²) in [7, 11) is 1.67. The van der Waals surface area contributed by atoms with Crippen LogP contribution in [0, 0.1) is 5.92 Å². The van der Waals surface area contributed by atoms with E-state index in [-0.39, 0.29) is 6.04 Å². The van der Waals surface area contributed by atoms with Gasteiger partial charge in [-0.2, -0.15) is 0 Å². The van der Waals surface area contributed by atoms with Gasteiger partial charge in [-0.15, -0.1) is 0 Å². The van der Waals surface area contributed by atoms with Crippen LogP contribution in [0.4, 0.5) is 0 Å². The van der Waals surface area contributed by atoms with Gasteiger partial charge in [0.1, 0.15) is 5.75 Å². The van der Waals surface area contributed by atoms with E-state index in [9.17, 15) is 5.11 Å². The van der Waals surface area contributed by atoms with Crippen molar-refractivity contribution in [2.24, 2.45) is 11.7 Å². The summed E-state index contributed by atoms with van der Waals surface area (Å²) in [5, 5.41) is 10.6. The van der Waals surface area contributed by atoms with E-state index >= 15 is 0 Å². The van der Waals surface area contributed by atoms with Crippen LogP contribution in [0.15, 0.2) is 18.3 Å². The highest BCUT2D eigenvalue weighted by Crippen LogP contribution is 2.21. The number of nitrogens with two attached hydrogens (primary N) is 1. The van der Waals surface area contributed by atoms with Gasteiger partial charge in [-0.3, -0.25) is 4.98 Å². The molecule has 0 bridgehead atoms. The Morgan fingerprint density at radius 2 is 2.09 bits per heavy atom. The van der Waals surface area contributed by atoms with Crippen molar-refractivity contribution in [2.45, 2.75) is 51.7 Å². The van der Waals surface area contributed by atoms with Crippen LogP contribution in [0.3, 0.4) is 0 Å². The van der Waals surface area contributed by atoms with Crippen molar-refractivity contribution in [3.63, 3.8) is 0 Å². The van der Waals surface area contributed by atoms with E-state index in [0.717, 1.165) is 24.3 Å². The zero-order chi connectivity index (χ0) is 16.6. The van der Waals surface area contributed by atoms with Crippen molar-refractivity contribution in [1.82, 2.24) is 4.98 Å². The topological polar surface area (TPSA) is 77.6 Å². The van der Waals surface area contributed by atoms with Gasteiger partial charge in [0.25, 0.3) is 0 Å². The molecule has 0 spiro atoms. The molecule has 0 amide bonds. The molecule has 0 aromatic carbocycles. The number of ether oxygens (including phenoxy) is 2. The summed E-state index contributed by atoms with van der Waals surface area (Å²) in [6.07, 6.45) is 3.73. The molecule has 0 saturated carbocycles. The summed E-state index contributed by atoms with van der Waals surface area (Å²) in [6.45, 7) is 7.25. The number of aliphatic hydroxyl groups is 1. The summed E-state index contributed by atoms with van der Waals surface area (Å²) in [4.78, 5) is 4.31. The Bertz CT molecular complexity index is 436. The SMILES string of the molecule is COCCCOc1ccnc(CC(C)(O)[C@@H](N)CC(C)C)c1. The van der Waals surface area contributed by atoms with Crippen LogP contribution in [0.1, 0.15) is 39.3 Å². The fraction of sp³-hybridized carbons (Fsp3) is 0.706. The van der Waals surface area contributed by atoms with Crippen LogP contribution in [0.5, 0.6) is 5.75 Å². The quantitative estimate of drug-likeness (QED) is 0.648. The molecule has 0 fully saturated rings. The highest BCUT2D eigenvalue weighted by Gasteiger charge is 2.30. The van der Waals surface area contributed by atoms with E-state index in [1.807, 2.05) is 12.1 Å². The van der Waals surface area contributed by atoms with Crippen LogP contribution in [-0.4, -0.2) is 42.1 Å². The van der Waals surface area contributed by atoms with Crippen LogP contribution in [0.2, 0.25) is 0 Å². The fourth-order valence-corrected chi connectivity index (χ4v) is 2.30. The maximum atomic E-state index is 10.6. The highest BCUT2D eigenvalue weighted by molar-refractivity contribution is 5.23. The molecule has 1 rings (SSSR count). The lowest BCUT2D eigenvalue weighted by molar-refractivity contribution is 0.0254. The van der Waals surface area contributed by atoms with Crippen molar-refractivity contribution in [3.8, 4) is 5.75 Å². The van der Waals surface area contributed by atoms with Gasteiger partial charge in [-0.05, 0) is 25.3 Å². The predicted octanol–water partition coefficient (Wildman–Crippen LogP) is 2.16. The number of methoxy groups -OCH3 is 1. The molecule has 126 valence electrons. The average molecular weight is 310 g/mol. The molecule has 5 heteroatoms. The van der Waals surface area contributed by atoms with E-state index in [0.29, 0.717) is 25.6 Å². The van der Waals surface area contributed by atoms with E-state index in [1.54, 1.807) is 20.2 Å². The van der Waals surface area contributed by atoms with E-state index in [4.69, 9.17) is 15.2 Å². The second kappa shape index (κ2) is 9.08. The van der Waals surface area contributed by atoms with Crippen LogP contribution >= 0.6 is 0 Å². The third kappa shape index (κ3) is 6.73. The lowest BCUT2D eigenvalue weighted by Crippen LogP contribution is -2.48. The first-order valence-corrected chi connectivity index (χ1v) is 7.89. The number of rotatable bonds is 10. The van der Waals surface area contributed by atoms with Crippen molar-refractivity contribution in [1.29, 1.82) is 0 Å². The number of hydrogen-bond acceptors (Lipinski definition) is 5. The molecule has 0 aliphatic carbocycles. The predicted molar refractivity (Wildman–Crippen MR) is 88.0 cm³/mol. The Morgan fingerprint density at radius 1 is 1.36 bits per heavy atom. The summed E-state index contributed by atoms with van der Waals surface area (Å²) in [6, 6.07) is 3.41. The second-order valence-electron chi connectivity index (χ2n) is 6.45. The van der Waals surface area contributed by atoms with Crippen molar-refractivity contribution in [3.05, 3.63) is 24.0 Å². The zero-order valence-electron chi connectivity index (χ0n) is 14.2. The molecular formula is C17H30N2O3. The maximum absolute atomic E-state index is 10.6. The molecule has 1 heterocycles. The molecule has 0 aliphatic heterocycles.